The van der Waals surface area contributed by atoms with Gasteiger partial charge in [0.1, 0.15) is 0 Å². The zero-order valence-electron chi connectivity index (χ0n) is 15.0. The monoisotopic (exact) mass is 324 g/mol. The summed E-state index contributed by atoms with van der Waals surface area (Å²) in [5.41, 5.74) is 1.04. The SMILES string of the molecule is CCCCOCCNC(=NC)NCc1cc(C(CC)CC)no1. The fourth-order valence-corrected chi connectivity index (χ4v) is 2.29. The van der Waals surface area contributed by atoms with E-state index < -0.39 is 0 Å². The number of hydrogen-bond acceptors (Lipinski definition) is 4. The van der Waals surface area contributed by atoms with Crippen LogP contribution in [-0.2, 0) is 11.3 Å². The maximum atomic E-state index is 5.51. The number of nitrogens with zero attached hydrogens (tertiary/aromatic N) is 2. The quantitative estimate of drug-likeness (QED) is 0.372. The van der Waals surface area contributed by atoms with Crippen molar-refractivity contribution >= 4 is 5.96 Å². The third-order valence-corrected chi connectivity index (χ3v) is 3.82. The molecule has 132 valence electrons. The van der Waals surface area contributed by atoms with Gasteiger partial charge in [-0.15, -0.1) is 0 Å². The molecule has 6 heteroatoms. The second-order valence-electron chi connectivity index (χ2n) is 5.55. The second kappa shape index (κ2) is 11.9. The molecule has 0 spiro atoms. The van der Waals surface area contributed by atoms with E-state index >= 15 is 0 Å². The maximum Gasteiger partial charge on any atom is 0.191 e. The predicted octanol–water partition coefficient (Wildman–Crippen LogP) is 3.06. The molecular formula is C17H32N4O2. The van der Waals surface area contributed by atoms with Gasteiger partial charge in [-0.1, -0.05) is 32.3 Å². The first-order valence-corrected chi connectivity index (χ1v) is 8.72. The number of aliphatic imine (C=N–C) groups is 1. The molecule has 0 fully saturated rings. The van der Waals surface area contributed by atoms with Gasteiger partial charge in [0.2, 0.25) is 0 Å². The van der Waals surface area contributed by atoms with E-state index in [9.17, 15) is 0 Å². The summed E-state index contributed by atoms with van der Waals surface area (Å²) in [7, 11) is 1.75. The molecule has 0 saturated heterocycles. The highest BCUT2D eigenvalue weighted by molar-refractivity contribution is 5.79. The van der Waals surface area contributed by atoms with Gasteiger partial charge in [0.15, 0.2) is 11.7 Å². The number of unbranched alkanes of at least 4 members (excludes halogenated alkanes) is 1. The smallest absolute Gasteiger partial charge is 0.191 e. The van der Waals surface area contributed by atoms with Crippen LogP contribution in [0.3, 0.4) is 0 Å². The maximum absolute atomic E-state index is 5.51. The minimum absolute atomic E-state index is 0.477. The molecule has 0 aliphatic carbocycles. The lowest BCUT2D eigenvalue weighted by molar-refractivity contribution is 0.136. The number of rotatable bonds is 11. The fraction of sp³-hybridized carbons (Fsp3) is 0.765. The zero-order chi connectivity index (χ0) is 16.9. The Balaban J connectivity index is 2.29. The molecule has 0 amide bonds. The summed E-state index contributed by atoms with van der Waals surface area (Å²) in [5, 5.41) is 10.6. The molecule has 23 heavy (non-hydrogen) atoms. The molecular weight excluding hydrogens is 292 g/mol. The molecule has 2 N–H and O–H groups in total. The Morgan fingerprint density at radius 2 is 2.04 bits per heavy atom. The highest BCUT2D eigenvalue weighted by atomic mass is 16.5. The van der Waals surface area contributed by atoms with E-state index in [-0.39, 0.29) is 0 Å². The van der Waals surface area contributed by atoms with E-state index in [2.05, 4.69) is 41.6 Å². The van der Waals surface area contributed by atoms with Crippen LogP contribution in [0.25, 0.3) is 0 Å². The molecule has 0 aliphatic rings. The summed E-state index contributed by atoms with van der Waals surface area (Å²) in [4.78, 5) is 4.19. The molecule has 0 saturated carbocycles. The summed E-state index contributed by atoms with van der Waals surface area (Å²) >= 11 is 0. The number of ether oxygens (including phenoxy) is 1. The van der Waals surface area contributed by atoms with Crippen molar-refractivity contribution in [1.29, 1.82) is 0 Å². The molecule has 0 atom stereocenters. The molecule has 1 aromatic heterocycles. The average molecular weight is 324 g/mol. The predicted molar refractivity (Wildman–Crippen MR) is 93.8 cm³/mol. The second-order valence-corrected chi connectivity index (χ2v) is 5.55. The highest BCUT2D eigenvalue weighted by Gasteiger charge is 2.13. The Morgan fingerprint density at radius 1 is 1.26 bits per heavy atom. The lowest BCUT2D eigenvalue weighted by Gasteiger charge is -2.10. The zero-order valence-corrected chi connectivity index (χ0v) is 15.0. The number of nitrogens with one attached hydrogen (secondary N) is 2. The van der Waals surface area contributed by atoms with Crippen LogP contribution in [0.2, 0.25) is 0 Å². The van der Waals surface area contributed by atoms with Crippen molar-refractivity contribution in [3.05, 3.63) is 17.5 Å². The molecule has 0 radical (unpaired) electrons. The normalized spacial score (nSPS) is 12.0. The first-order chi connectivity index (χ1) is 11.2. The summed E-state index contributed by atoms with van der Waals surface area (Å²) in [5.74, 6) is 2.05. The van der Waals surface area contributed by atoms with Gasteiger partial charge in [-0.3, -0.25) is 4.99 Å². The summed E-state index contributed by atoms with van der Waals surface area (Å²) in [6.07, 6.45) is 4.43. The van der Waals surface area contributed by atoms with E-state index in [4.69, 9.17) is 9.26 Å². The van der Waals surface area contributed by atoms with Crippen LogP contribution < -0.4 is 10.6 Å². The largest absolute Gasteiger partial charge is 0.380 e. The van der Waals surface area contributed by atoms with Gasteiger partial charge in [-0.2, -0.15) is 0 Å². The molecule has 0 unspecified atom stereocenters. The van der Waals surface area contributed by atoms with Gasteiger partial charge in [0, 0.05) is 32.2 Å². The minimum Gasteiger partial charge on any atom is -0.380 e. The first-order valence-electron chi connectivity index (χ1n) is 8.72. The molecule has 1 aromatic rings. The van der Waals surface area contributed by atoms with Crippen LogP contribution >= 0.6 is 0 Å². The van der Waals surface area contributed by atoms with Crippen molar-refractivity contribution in [1.82, 2.24) is 15.8 Å². The Hall–Kier alpha value is -1.56. The summed E-state index contributed by atoms with van der Waals surface area (Å²) < 4.78 is 10.9. The Kier molecular flexibility index (Phi) is 10.1. The first kappa shape index (κ1) is 19.5. The van der Waals surface area contributed by atoms with Crippen LogP contribution in [0.1, 0.15) is 63.8 Å². The van der Waals surface area contributed by atoms with Crippen LogP contribution in [-0.4, -0.2) is 37.9 Å². The minimum atomic E-state index is 0.477. The van der Waals surface area contributed by atoms with E-state index in [1.54, 1.807) is 7.05 Å². The molecule has 6 nitrogen and oxygen atoms in total. The topological polar surface area (TPSA) is 71.7 Å². The average Bonchev–Trinajstić information content (AvgIpc) is 3.03. The van der Waals surface area contributed by atoms with Crippen LogP contribution in [0.4, 0.5) is 0 Å². The molecule has 0 aliphatic heterocycles. The Labute approximate surface area is 140 Å². The van der Waals surface area contributed by atoms with Crippen molar-refractivity contribution in [3.8, 4) is 0 Å². The van der Waals surface area contributed by atoms with Gasteiger partial charge in [0.05, 0.1) is 18.8 Å². The standard InChI is InChI=1S/C17H32N4O2/c1-5-8-10-22-11-9-19-17(18-4)20-13-15-12-16(21-23-15)14(6-2)7-3/h12,14H,5-11,13H2,1-4H3,(H2,18,19,20). The lowest BCUT2D eigenvalue weighted by Crippen LogP contribution is -2.38. The Morgan fingerprint density at radius 3 is 2.70 bits per heavy atom. The third kappa shape index (κ3) is 7.50. The Bertz CT molecular complexity index is 442. The van der Waals surface area contributed by atoms with Gasteiger partial charge in [-0.25, -0.2) is 0 Å². The van der Waals surface area contributed by atoms with Gasteiger partial charge < -0.3 is 19.9 Å². The van der Waals surface area contributed by atoms with Crippen LogP contribution in [0.5, 0.6) is 0 Å². The van der Waals surface area contributed by atoms with Crippen LogP contribution in [0.15, 0.2) is 15.6 Å². The molecule has 0 aromatic carbocycles. The number of aromatic nitrogens is 1. The van der Waals surface area contributed by atoms with E-state index in [0.29, 0.717) is 19.1 Å². The lowest BCUT2D eigenvalue weighted by atomic mass is 9.99. The van der Waals surface area contributed by atoms with E-state index in [1.165, 1.54) is 0 Å². The van der Waals surface area contributed by atoms with Gasteiger partial charge in [-0.05, 0) is 19.3 Å². The van der Waals surface area contributed by atoms with Crippen molar-refractivity contribution in [2.24, 2.45) is 4.99 Å². The molecule has 1 rings (SSSR count). The fourth-order valence-electron chi connectivity index (χ4n) is 2.29. The summed E-state index contributed by atoms with van der Waals surface area (Å²) in [6.45, 7) is 9.32. The molecule has 1 heterocycles. The van der Waals surface area contributed by atoms with Crippen molar-refractivity contribution in [2.75, 3.05) is 26.8 Å². The van der Waals surface area contributed by atoms with Crippen LogP contribution in [0, 0.1) is 0 Å². The number of hydrogen-bond donors (Lipinski definition) is 2. The van der Waals surface area contributed by atoms with Gasteiger partial charge >= 0.3 is 0 Å². The highest BCUT2D eigenvalue weighted by Crippen LogP contribution is 2.22. The number of guanidine groups is 1. The third-order valence-electron chi connectivity index (χ3n) is 3.82. The van der Waals surface area contributed by atoms with E-state index in [0.717, 1.165) is 56.2 Å². The van der Waals surface area contributed by atoms with Crippen molar-refractivity contribution in [3.63, 3.8) is 0 Å². The van der Waals surface area contributed by atoms with Crippen molar-refractivity contribution in [2.45, 2.75) is 58.9 Å². The van der Waals surface area contributed by atoms with E-state index in [1.807, 2.05) is 6.07 Å². The summed E-state index contributed by atoms with van der Waals surface area (Å²) in [6, 6.07) is 2.03. The molecule has 0 bridgehead atoms. The van der Waals surface area contributed by atoms with Gasteiger partial charge in [0.25, 0.3) is 0 Å². The van der Waals surface area contributed by atoms with Crippen molar-refractivity contribution < 1.29 is 9.26 Å².